The molecule has 1 amide bonds. The second-order valence-electron chi connectivity index (χ2n) is 9.37. The molecule has 2 unspecified atom stereocenters. The first-order valence-electron chi connectivity index (χ1n) is 12.5. The number of carbonyl (C=O) groups excluding carboxylic acids is 1. The van der Waals surface area contributed by atoms with E-state index in [0.29, 0.717) is 36.8 Å². The molecular formula is C27H27N5O6S. The number of hydrogen-bond donors (Lipinski definition) is 2. The Morgan fingerprint density at radius 2 is 2.05 bits per heavy atom. The average Bonchev–Trinajstić information content (AvgIpc) is 3.42. The molecule has 4 heterocycles. The first-order chi connectivity index (χ1) is 18.8. The molecule has 202 valence electrons. The minimum atomic E-state index is -4.52. The molecule has 2 atom stereocenters. The SMILES string of the molecule is N#Cc1cc(S(=O)(=O)C2(Oc3cnc4[nH]ccc4c3)C=CC=CC2C(N)=O)cnc1OCCC1CCOCC1. The zero-order chi connectivity index (χ0) is 27.5. The van der Waals surface area contributed by atoms with Gasteiger partial charge in [0.1, 0.15) is 28.9 Å². The van der Waals surface area contributed by atoms with Crippen LogP contribution in [0.5, 0.6) is 11.6 Å². The van der Waals surface area contributed by atoms with Crippen LogP contribution in [0, 0.1) is 23.2 Å². The number of nitrogens with one attached hydrogen (secondary N) is 1. The maximum absolute atomic E-state index is 14.2. The van der Waals surface area contributed by atoms with Crippen molar-refractivity contribution in [2.24, 2.45) is 17.6 Å². The normalized spacial score (nSPS) is 21.5. The van der Waals surface area contributed by atoms with Crippen LogP contribution in [0.2, 0.25) is 0 Å². The van der Waals surface area contributed by atoms with Crippen molar-refractivity contribution >= 4 is 26.8 Å². The first kappa shape index (κ1) is 26.4. The summed E-state index contributed by atoms with van der Waals surface area (Å²) in [4.78, 5) is 21.3. The summed E-state index contributed by atoms with van der Waals surface area (Å²) in [5.74, 6) is -1.69. The summed E-state index contributed by atoms with van der Waals surface area (Å²) in [6.07, 6.45) is 12.4. The molecule has 0 spiro atoms. The maximum atomic E-state index is 14.2. The molecule has 3 aromatic rings. The Bertz CT molecular complexity index is 1590. The Hall–Kier alpha value is -4.21. The number of ether oxygens (including phenoxy) is 3. The Morgan fingerprint density at radius 3 is 2.82 bits per heavy atom. The molecule has 2 aliphatic rings. The molecule has 3 N–H and O–H groups in total. The van der Waals surface area contributed by atoms with E-state index >= 15 is 0 Å². The van der Waals surface area contributed by atoms with Crippen LogP contribution in [-0.4, -0.2) is 54.0 Å². The van der Waals surface area contributed by atoms with Crippen LogP contribution in [0.4, 0.5) is 0 Å². The van der Waals surface area contributed by atoms with Gasteiger partial charge in [-0.2, -0.15) is 5.26 Å². The largest absolute Gasteiger partial charge is 0.477 e. The molecular weight excluding hydrogens is 522 g/mol. The number of amides is 1. The Morgan fingerprint density at radius 1 is 1.23 bits per heavy atom. The molecule has 3 aromatic heterocycles. The highest BCUT2D eigenvalue weighted by Crippen LogP contribution is 2.40. The van der Waals surface area contributed by atoms with Crippen LogP contribution in [0.3, 0.4) is 0 Å². The van der Waals surface area contributed by atoms with Crippen molar-refractivity contribution in [3.63, 3.8) is 0 Å². The predicted octanol–water partition coefficient (Wildman–Crippen LogP) is 2.80. The molecule has 1 fully saturated rings. The van der Waals surface area contributed by atoms with Crippen LogP contribution >= 0.6 is 0 Å². The van der Waals surface area contributed by atoms with E-state index in [1.807, 2.05) is 6.07 Å². The van der Waals surface area contributed by atoms with Crippen molar-refractivity contribution in [2.45, 2.75) is 29.1 Å². The van der Waals surface area contributed by atoms with Gasteiger partial charge in [0.2, 0.25) is 26.6 Å². The number of nitrogens with two attached hydrogens (primary N) is 1. The number of fused-ring (bicyclic) bond motifs is 1. The lowest BCUT2D eigenvalue weighted by Crippen LogP contribution is -2.54. The van der Waals surface area contributed by atoms with E-state index in [1.165, 1.54) is 36.6 Å². The number of sulfone groups is 1. The van der Waals surface area contributed by atoms with E-state index in [-0.39, 0.29) is 22.1 Å². The minimum absolute atomic E-state index is 0.0334. The van der Waals surface area contributed by atoms with Crippen molar-refractivity contribution < 1.29 is 27.4 Å². The quantitative estimate of drug-likeness (QED) is 0.407. The highest BCUT2D eigenvalue weighted by atomic mass is 32.2. The fourth-order valence-corrected chi connectivity index (χ4v) is 6.61. The van der Waals surface area contributed by atoms with Gasteiger partial charge in [-0.15, -0.1) is 0 Å². The number of H-pyrrole nitrogens is 1. The fraction of sp³-hybridized carbons (Fsp3) is 0.333. The van der Waals surface area contributed by atoms with Gasteiger partial charge in [0, 0.05) is 31.0 Å². The van der Waals surface area contributed by atoms with Gasteiger partial charge in [-0.1, -0.05) is 18.2 Å². The van der Waals surface area contributed by atoms with Gasteiger partial charge < -0.3 is 24.9 Å². The lowest BCUT2D eigenvalue weighted by molar-refractivity contribution is -0.123. The summed E-state index contributed by atoms with van der Waals surface area (Å²) in [6.45, 7) is 1.76. The number of pyridine rings is 2. The molecule has 0 bridgehead atoms. The number of nitriles is 1. The third kappa shape index (κ3) is 5.10. The van der Waals surface area contributed by atoms with E-state index in [2.05, 4.69) is 15.0 Å². The van der Waals surface area contributed by atoms with E-state index in [0.717, 1.165) is 25.5 Å². The van der Waals surface area contributed by atoms with Crippen LogP contribution in [0.25, 0.3) is 11.0 Å². The maximum Gasteiger partial charge on any atom is 0.246 e. The smallest absolute Gasteiger partial charge is 0.246 e. The van der Waals surface area contributed by atoms with Crippen molar-refractivity contribution in [1.29, 1.82) is 5.26 Å². The zero-order valence-electron chi connectivity index (χ0n) is 20.9. The van der Waals surface area contributed by atoms with Crippen LogP contribution in [0.1, 0.15) is 24.8 Å². The molecule has 5 rings (SSSR count). The van der Waals surface area contributed by atoms with Gasteiger partial charge in [0.15, 0.2) is 0 Å². The topological polar surface area (TPSA) is 170 Å². The summed E-state index contributed by atoms with van der Waals surface area (Å²) in [5, 5.41) is 10.4. The molecule has 11 nitrogen and oxygen atoms in total. The predicted molar refractivity (Wildman–Crippen MR) is 140 cm³/mol. The number of allylic oxidation sites excluding steroid dienone is 2. The summed E-state index contributed by atoms with van der Waals surface area (Å²) in [7, 11) is -4.52. The lowest BCUT2D eigenvalue weighted by atomic mass is 9.96. The van der Waals surface area contributed by atoms with Crippen LogP contribution in [-0.2, 0) is 19.4 Å². The third-order valence-electron chi connectivity index (χ3n) is 6.92. The number of nitrogens with zero attached hydrogens (tertiary/aromatic N) is 3. The molecule has 12 heteroatoms. The number of aromatic amines is 1. The van der Waals surface area contributed by atoms with Gasteiger partial charge >= 0.3 is 0 Å². The van der Waals surface area contributed by atoms with Crippen molar-refractivity contribution in [3.8, 4) is 17.7 Å². The first-order valence-corrected chi connectivity index (χ1v) is 13.9. The zero-order valence-corrected chi connectivity index (χ0v) is 21.8. The van der Waals surface area contributed by atoms with Gasteiger partial charge in [-0.25, -0.2) is 18.4 Å². The molecule has 0 aromatic carbocycles. The third-order valence-corrected chi connectivity index (χ3v) is 9.08. The van der Waals surface area contributed by atoms with Crippen molar-refractivity contribution in [2.75, 3.05) is 19.8 Å². The summed E-state index contributed by atoms with van der Waals surface area (Å²) in [5.41, 5.74) is 6.18. The van der Waals surface area contributed by atoms with E-state index < -0.39 is 26.6 Å². The monoisotopic (exact) mass is 549 g/mol. The molecule has 1 aliphatic carbocycles. The lowest BCUT2D eigenvalue weighted by Gasteiger charge is -2.36. The number of primary amides is 1. The van der Waals surface area contributed by atoms with Crippen molar-refractivity contribution in [3.05, 3.63) is 66.7 Å². The van der Waals surface area contributed by atoms with Gasteiger partial charge in [0.25, 0.3) is 0 Å². The highest BCUT2D eigenvalue weighted by Gasteiger charge is 2.54. The molecule has 0 saturated carbocycles. The van der Waals surface area contributed by atoms with Gasteiger partial charge in [0.05, 0.1) is 17.7 Å². The number of rotatable bonds is 9. The molecule has 39 heavy (non-hydrogen) atoms. The molecule has 1 aliphatic heterocycles. The number of aromatic nitrogens is 3. The second-order valence-corrected chi connectivity index (χ2v) is 11.5. The standard InChI is InChI=1S/C27H27N5O6S/c28-15-20-14-22(17-32-26(20)37-12-7-18-5-10-36-11-6-18)39(34,35)27(8-2-1-3-23(27)24(29)33)38-21-13-19-4-9-30-25(19)31-16-21/h1-4,8-9,13-14,16-18,23H,5-7,10-12H2,(H2,29,33)(H,30,31). The average molecular weight is 550 g/mol. The molecule has 0 radical (unpaired) electrons. The van der Waals surface area contributed by atoms with Gasteiger partial charge in [-0.05, 0) is 49.5 Å². The van der Waals surface area contributed by atoms with Crippen molar-refractivity contribution in [1.82, 2.24) is 15.0 Å². The number of hydrogen-bond acceptors (Lipinski definition) is 9. The Balaban J connectivity index is 1.48. The molecule has 1 saturated heterocycles. The highest BCUT2D eigenvalue weighted by molar-refractivity contribution is 7.93. The van der Waals surface area contributed by atoms with Crippen LogP contribution < -0.4 is 15.2 Å². The summed E-state index contributed by atoms with van der Waals surface area (Å²) < 4.78 is 45.6. The Kier molecular flexibility index (Phi) is 7.36. The summed E-state index contributed by atoms with van der Waals surface area (Å²) in [6, 6.07) is 6.50. The minimum Gasteiger partial charge on any atom is -0.477 e. The van der Waals surface area contributed by atoms with E-state index in [9.17, 15) is 18.5 Å². The fourth-order valence-electron chi connectivity index (χ4n) is 4.78. The second kappa shape index (κ2) is 10.9. The van der Waals surface area contributed by atoms with E-state index in [4.69, 9.17) is 19.9 Å². The Labute approximate surface area is 225 Å². The summed E-state index contributed by atoms with van der Waals surface area (Å²) >= 11 is 0. The van der Waals surface area contributed by atoms with Crippen LogP contribution in [0.15, 0.2) is 66.0 Å². The van der Waals surface area contributed by atoms with Gasteiger partial charge in [-0.3, -0.25) is 4.79 Å². The van der Waals surface area contributed by atoms with E-state index in [1.54, 1.807) is 18.3 Å². The number of carbonyl (C=O) groups is 1.